The predicted octanol–water partition coefficient (Wildman–Crippen LogP) is 6.03. The molecular formula is C25H21ClN2O2. The van der Waals surface area contributed by atoms with Crippen molar-refractivity contribution in [1.29, 1.82) is 5.26 Å². The Morgan fingerprint density at radius 3 is 2.37 bits per heavy atom. The number of nitrogens with zero attached hydrogens (tertiary/aromatic N) is 1. The van der Waals surface area contributed by atoms with E-state index in [4.69, 9.17) is 16.3 Å². The minimum Gasteiger partial charge on any atom is -0.489 e. The lowest BCUT2D eigenvalue weighted by Gasteiger charge is -2.09. The first-order valence-corrected chi connectivity index (χ1v) is 9.96. The van der Waals surface area contributed by atoms with Crippen LogP contribution in [0.4, 0.5) is 5.69 Å². The van der Waals surface area contributed by atoms with E-state index in [0.29, 0.717) is 17.4 Å². The smallest absolute Gasteiger partial charge is 0.266 e. The summed E-state index contributed by atoms with van der Waals surface area (Å²) in [6, 6.07) is 24.2. The lowest BCUT2D eigenvalue weighted by molar-refractivity contribution is -0.112. The molecule has 0 aromatic heterocycles. The van der Waals surface area contributed by atoms with E-state index in [1.807, 2.05) is 61.5 Å². The molecule has 3 aromatic carbocycles. The highest BCUT2D eigenvalue weighted by atomic mass is 35.5. The van der Waals surface area contributed by atoms with E-state index in [1.54, 1.807) is 30.3 Å². The van der Waals surface area contributed by atoms with Gasteiger partial charge in [-0.25, -0.2) is 0 Å². The summed E-state index contributed by atoms with van der Waals surface area (Å²) in [7, 11) is 0. The highest BCUT2D eigenvalue weighted by molar-refractivity contribution is 6.31. The summed E-state index contributed by atoms with van der Waals surface area (Å²) in [5.74, 6) is 0.240. The molecule has 0 unspecified atom stereocenters. The Kier molecular flexibility index (Phi) is 7.26. The molecule has 30 heavy (non-hydrogen) atoms. The molecule has 1 amide bonds. The number of ether oxygens (including phenoxy) is 1. The van der Waals surface area contributed by atoms with Gasteiger partial charge in [-0.05, 0) is 47.9 Å². The van der Waals surface area contributed by atoms with Gasteiger partial charge < -0.3 is 10.1 Å². The monoisotopic (exact) mass is 416 g/mol. The average Bonchev–Trinajstić information content (AvgIpc) is 2.78. The number of amides is 1. The van der Waals surface area contributed by atoms with E-state index in [1.165, 1.54) is 0 Å². The lowest BCUT2D eigenvalue weighted by atomic mass is 10.1. The predicted molar refractivity (Wildman–Crippen MR) is 120 cm³/mol. The Hall–Kier alpha value is -3.55. The normalized spacial score (nSPS) is 10.9. The summed E-state index contributed by atoms with van der Waals surface area (Å²) in [6.45, 7) is 2.37. The molecule has 5 heteroatoms. The van der Waals surface area contributed by atoms with Crippen LogP contribution in [0.5, 0.6) is 5.75 Å². The van der Waals surface area contributed by atoms with Crippen molar-refractivity contribution in [2.24, 2.45) is 0 Å². The van der Waals surface area contributed by atoms with Gasteiger partial charge in [0.25, 0.3) is 5.91 Å². The molecular weight excluding hydrogens is 396 g/mol. The second-order valence-electron chi connectivity index (χ2n) is 6.58. The molecule has 0 saturated heterocycles. The number of carbonyl (C=O) groups is 1. The van der Waals surface area contributed by atoms with Crippen molar-refractivity contribution in [3.8, 4) is 11.8 Å². The summed E-state index contributed by atoms with van der Waals surface area (Å²) >= 11 is 6.14. The molecule has 0 fully saturated rings. The first-order chi connectivity index (χ1) is 14.6. The largest absolute Gasteiger partial charge is 0.489 e. The van der Waals surface area contributed by atoms with Crippen LogP contribution in [0.2, 0.25) is 5.02 Å². The number of hydrogen-bond donors (Lipinski definition) is 1. The van der Waals surface area contributed by atoms with Crippen molar-refractivity contribution in [3.05, 3.63) is 100 Å². The SMILES string of the molecule is CCc1ccccc1NC(=O)/C(C#N)=C/c1ccc(OCc2ccccc2Cl)cc1. The average molecular weight is 417 g/mol. The topological polar surface area (TPSA) is 62.1 Å². The number of para-hydroxylation sites is 1. The molecule has 0 atom stereocenters. The molecule has 0 aliphatic rings. The minimum atomic E-state index is -0.433. The fraction of sp³-hybridized carbons (Fsp3) is 0.120. The Morgan fingerprint density at radius 1 is 1.03 bits per heavy atom. The fourth-order valence-corrected chi connectivity index (χ4v) is 3.08. The zero-order valence-corrected chi connectivity index (χ0v) is 17.3. The van der Waals surface area contributed by atoms with E-state index < -0.39 is 5.91 Å². The highest BCUT2D eigenvalue weighted by Gasteiger charge is 2.11. The Morgan fingerprint density at radius 2 is 1.70 bits per heavy atom. The number of nitrogens with one attached hydrogen (secondary N) is 1. The number of anilines is 1. The molecule has 0 bridgehead atoms. The van der Waals surface area contributed by atoms with E-state index in [2.05, 4.69) is 5.32 Å². The Balaban J connectivity index is 1.67. The van der Waals surface area contributed by atoms with Crippen molar-refractivity contribution in [3.63, 3.8) is 0 Å². The quantitative estimate of drug-likeness (QED) is 0.378. The number of rotatable bonds is 7. The molecule has 3 rings (SSSR count). The second kappa shape index (κ2) is 10.3. The van der Waals surface area contributed by atoms with Gasteiger partial charge in [-0.2, -0.15) is 5.26 Å². The number of halogens is 1. The Bertz CT molecular complexity index is 1100. The molecule has 0 aliphatic heterocycles. The summed E-state index contributed by atoms with van der Waals surface area (Å²) in [5, 5.41) is 12.9. The van der Waals surface area contributed by atoms with E-state index in [0.717, 1.165) is 28.8 Å². The van der Waals surface area contributed by atoms with Crippen LogP contribution >= 0.6 is 11.6 Å². The van der Waals surface area contributed by atoms with Crippen LogP contribution in [0, 0.1) is 11.3 Å². The maximum absolute atomic E-state index is 12.5. The summed E-state index contributed by atoms with van der Waals surface area (Å²) in [5.41, 5.74) is 3.40. The zero-order chi connectivity index (χ0) is 21.3. The van der Waals surface area contributed by atoms with Gasteiger partial charge in [-0.1, -0.05) is 67.1 Å². The lowest BCUT2D eigenvalue weighted by Crippen LogP contribution is -2.14. The van der Waals surface area contributed by atoms with Crippen LogP contribution < -0.4 is 10.1 Å². The molecule has 1 N–H and O–H groups in total. The van der Waals surface area contributed by atoms with Crippen LogP contribution in [0.15, 0.2) is 78.4 Å². The van der Waals surface area contributed by atoms with E-state index in [9.17, 15) is 10.1 Å². The van der Waals surface area contributed by atoms with Crippen LogP contribution in [0.3, 0.4) is 0 Å². The fourth-order valence-electron chi connectivity index (χ4n) is 2.89. The number of nitriles is 1. The number of carbonyl (C=O) groups excluding carboxylic acids is 1. The van der Waals surface area contributed by atoms with Gasteiger partial charge in [0, 0.05) is 16.3 Å². The van der Waals surface area contributed by atoms with Crippen LogP contribution in [0.1, 0.15) is 23.6 Å². The highest BCUT2D eigenvalue weighted by Crippen LogP contribution is 2.20. The summed E-state index contributed by atoms with van der Waals surface area (Å²) in [6.07, 6.45) is 2.35. The molecule has 0 radical (unpaired) electrons. The van der Waals surface area contributed by atoms with Gasteiger partial charge in [0.05, 0.1) is 0 Å². The maximum Gasteiger partial charge on any atom is 0.266 e. The third-order valence-electron chi connectivity index (χ3n) is 4.55. The summed E-state index contributed by atoms with van der Waals surface area (Å²) < 4.78 is 5.76. The molecule has 0 aliphatic carbocycles. The van der Waals surface area contributed by atoms with Gasteiger partial charge in [-0.15, -0.1) is 0 Å². The molecule has 0 spiro atoms. The minimum absolute atomic E-state index is 0.0330. The molecule has 0 saturated carbocycles. The Labute approximate surface area is 181 Å². The van der Waals surface area contributed by atoms with Gasteiger partial charge in [-0.3, -0.25) is 4.79 Å². The molecule has 150 valence electrons. The van der Waals surface area contributed by atoms with Crippen LogP contribution in [0.25, 0.3) is 6.08 Å². The van der Waals surface area contributed by atoms with Crippen molar-refractivity contribution >= 4 is 29.3 Å². The van der Waals surface area contributed by atoms with Gasteiger partial charge in [0.15, 0.2) is 0 Å². The first-order valence-electron chi connectivity index (χ1n) is 9.58. The van der Waals surface area contributed by atoms with E-state index in [-0.39, 0.29) is 5.57 Å². The van der Waals surface area contributed by atoms with E-state index >= 15 is 0 Å². The van der Waals surface area contributed by atoms with Crippen molar-refractivity contribution < 1.29 is 9.53 Å². The summed E-state index contributed by atoms with van der Waals surface area (Å²) in [4.78, 5) is 12.5. The van der Waals surface area contributed by atoms with Gasteiger partial charge in [0.1, 0.15) is 24.0 Å². The van der Waals surface area contributed by atoms with Crippen molar-refractivity contribution in [2.75, 3.05) is 5.32 Å². The molecule has 3 aromatic rings. The van der Waals surface area contributed by atoms with Gasteiger partial charge >= 0.3 is 0 Å². The third-order valence-corrected chi connectivity index (χ3v) is 4.92. The standard InChI is InChI=1S/C25H21ClN2O2/c1-2-19-7-4-6-10-24(19)28-25(29)21(16-27)15-18-11-13-22(14-12-18)30-17-20-8-3-5-9-23(20)26/h3-15H,2,17H2,1H3,(H,28,29)/b21-15+. The number of benzene rings is 3. The van der Waals surface area contributed by atoms with Crippen LogP contribution in [-0.4, -0.2) is 5.91 Å². The van der Waals surface area contributed by atoms with Gasteiger partial charge in [0.2, 0.25) is 0 Å². The van der Waals surface area contributed by atoms with Crippen molar-refractivity contribution in [1.82, 2.24) is 0 Å². The zero-order valence-electron chi connectivity index (χ0n) is 16.6. The second-order valence-corrected chi connectivity index (χ2v) is 6.99. The number of aryl methyl sites for hydroxylation is 1. The third kappa shape index (κ3) is 5.50. The van der Waals surface area contributed by atoms with Crippen molar-refractivity contribution in [2.45, 2.75) is 20.0 Å². The molecule has 0 heterocycles. The molecule has 4 nitrogen and oxygen atoms in total. The first kappa shape index (κ1) is 21.2. The maximum atomic E-state index is 12.5. The number of hydrogen-bond acceptors (Lipinski definition) is 3. The van der Waals surface area contributed by atoms with Crippen LogP contribution in [-0.2, 0) is 17.8 Å².